The van der Waals surface area contributed by atoms with Crippen LogP contribution in [0.2, 0.25) is 0 Å². The second-order valence-electron chi connectivity index (χ2n) is 17.9. The van der Waals surface area contributed by atoms with Gasteiger partial charge in [0, 0.05) is 55.7 Å². The maximum atomic E-state index is 14.8. The summed E-state index contributed by atoms with van der Waals surface area (Å²) in [6, 6.07) is 52.5. The van der Waals surface area contributed by atoms with Crippen molar-refractivity contribution in [3.63, 3.8) is 0 Å². The molecule has 0 spiro atoms. The van der Waals surface area contributed by atoms with E-state index in [0.717, 1.165) is 42.0 Å². The lowest BCUT2D eigenvalue weighted by molar-refractivity contribution is -0.138. The molecule has 11 heteroatoms. The first kappa shape index (κ1) is 49.6. The van der Waals surface area contributed by atoms with Crippen molar-refractivity contribution in [2.45, 2.75) is 25.5 Å². The molecule has 0 aliphatic heterocycles. The zero-order valence-corrected chi connectivity index (χ0v) is 39.3. The monoisotopic (exact) mass is 1010 g/mol. The number of carbonyl (C=O) groups is 2. The Morgan fingerprint density at radius 3 is 0.733 bits per heavy atom. The molecule has 0 N–H and O–H groups in total. The lowest BCUT2D eigenvalue weighted by atomic mass is 9.88. The standard InChI is InChI=1S/C64H37F9O2/c1-38-12-20-45(21-13-38)56-54(52(41-8-4-2-5-9-41)57(60(56)74)46-26-32-49(33-27-46)62(65,66)67)43-22-16-39(17-23-43)14-15-40-18-24-44(25-19-40)55-53(42-10-6-3-7-11-42)58(47-28-34-50(35-29-47)63(68,69)70)61(75)59(55)48-30-36-51(37-31-48)64(71,72)73/h2-13,16-37H,1H3. The van der Waals surface area contributed by atoms with Crippen molar-refractivity contribution in [1.82, 2.24) is 0 Å². The Hall–Kier alpha value is -9.01. The highest BCUT2D eigenvalue weighted by Gasteiger charge is 2.39. The average Bonchev–Trinajstić information content (AvgIpc) is 3.89. The molecule has 8 aromatic carbocycles. The Balaban J connectivity index is 1.04. The van der Waals surface area contributed by atoms with Crippen molar-refractivity contribution >= 4 is 56.2 Å². The molecular formula is C64H37F9O2. The largest absolute Gasteiger partial charge is 0.416 e. The van der Waals surface area contributed by atoms with Gasteiger partial charge in [-0.25, -0.2) is 0 Å². The number of allylic oxidation sites excluding steroid dienone is 8. The van der Waals surface area contributed by atoms with Crippen LogP contribution in [0.15, 0.2) is 206 Å². The van der Waals surface area contributed by atoms with E-state index < -0.39 is 41.0 Å². The van der Waals surface area contributed by atoms with E-state index in [1.54, 1.807) is 66.7 Å². The molecule has 0 radical (unpaired) electrons. The smallest absolute Gasteiger partial charge is 0.289 e. The topological polar surface area (TPSA) is 34.1 Å². The average molecular weight is 1010 g/mol. The van der Waals surface area contributed by atoms with E-state index in [4.69, 9.17) is 0 Å². The van der Waals surface area contributed by atoms with Crippen molar-refractivity contribution in [2.24, 2.45) is 0 Å². The summed E-state index contributed by atoms with van der Waals surface area (Å²) in [6.45, 7) is 1.92. The first-order valence-electron chi connectivity index (χ1n) is 23.4. The summed E-state index contributed by atoms with van der Waals surface area (Å²) >= 11 is 0. The van der Waals surface area contributed by atoms with Gasteiger partial charge in [0.1, 0.15) is 0 Å². The van der Waals surface area contributed by atoms with Crippen molar-refractivity contribution < 1.29 is 49.1 Å². The summed E-state index contributed by atoms with van der Waals surface area (Å²) in [5, 5.41) is 0. The predicted octanol–water partition coefficient (Wildman–Crippen LogP) is 16.7. The fourth-order valence-electron chi connectivity index (χ4n) is 9.45. The van der Waals surface area contributed by atoms with Crippen molar-refractivity contribution in [3.8, 4) is 11.8 Å². The van der Waals surface area contributed by atoms with Crippen LogP contribution < -0.4 is 0 Å². The number of halogens is 9. The van der Waals surface area contributed by atoms with E-state index in [0.29, 0.717) is 72.4 Å². The quantitative estimate of drug-likeness (QED) is 0.112. The van der Waals surface area contributed by atoms with Crippen LogP contribution in [0.1, 0.15) is 77.9 Å². The van der Waals surface area contributed by atoms with Crippen LogP contribution in [0.25, 0.3) is 44.6 Å². The second-order valence-corrected chi connectivity index (χ2v) is 17.9. The summed E-state index contributed by atoms with van der Waals surface area (Å²) < 4.78 is 123. The summed E-state index contributed by atoms with van der Waals surface area (Å²) in [6.07, 6.45) is -13.9. The SMILES string of the molecule is Cc1ccc(C2=C(c3ccc(C#Cc4ccc(C5=C(c6ccc(C(F)(F)F)cc6)C(=O)C(c6ccc(C(F)(F)F)cc6)=C5c5ccccc5)cc4)cc3)C(c3ccccc3)=C(c3ccc(C(F)(F)F)cc3)C2=O)cc1. The molecule has 8 aromatic rings. The summed E-state index contributed by atoms with van der Waals surface area (Å²) in [5.74, 6) is 5.41. The van der Waals surface area contributed by atoms with Crippen LogP contribution in [-0.4, -0.2) is 11.6 Å². The number of hydrogen-bond donors (Lipinski definition) is 0. The highest BCUT2D eigenvalue weighted by molar-refractivity contribution is 6.60. The Bertz CT molecular complexity index is 3710. The van der Waals surface area contributed by atoms with Crippen LogP contribution in [0.5, 0.6) is 0 Å². The highest BCUT2D eigenvalue weighted by atomic mass is 19.4. The molecule has 0 heterocycles. The summed E-state index contributed by atoms with van der Waals surface area (Å²) in [4.78, 5) is 29.5. The first-order chi connectivity index (χ1) is 35.8. The number of hydrogen-bond acceptors (Lipinski definition) is 2. The van der Waals surface area contributed by atoms with Crippen molar-refractivity contribution in [3.05, 3.63) is 284 Å². The highest BCUT2D eigenvalue weighted by Crippen LogP contribution is 2.52. The number of rotatable bonds is 8. The molecule has 0 saturated heterocycles. The van der Waals surface area contributed by atoms with Crippen molar-refractivity contribution in [2.75, 3.05) is 0 Å². The van der Waals surface area contributed by atoms with E-state index in [-0.39, 0.29) is 33.6 Å². The Morgan fingerprint density at radius 2 is 0.480 bits per heavy atom. The predicted molar refractivity (Wildman–Crippen MR) is 275 cm³/mol. The lowest BCUT2D eigenvalue weighted by Crippen LogP contribution is -2.07. The molecule has 10 rings (SSSR count). The number of ketones is 2. The van der Waals surface area contributed by atoms with Gasteiger partial charge in [-0.3, -0.25) is 9.59 Å². The van der Waals surface area contributed by atoms with Crippen molar-refractivity contribution in [1.29, 1.82) is 0 Å². The van der Waals surface area contributed by atoms with Crippen LogP contribution in [0, 0.1) is 18.8 Å². The molecule has 2 aliphatic carbocycles. The maximum absolute atomic E-state index is 14.8. The van der Waals surface area contributed by atoms with Gasteiger partial charge >= 0.3 is 18.5 Å². The third-order valence-corrected chi connectivity index (χ3v) is 13.1. The minimum Gasteiger partial charge on any atom is -0.289 e. The summed E-state index contributed by atoms with van der Waals surface area (Å²) in [5.41, 5.74) is 5.89. The number of aryl methyl sites for hydroxylation is 1. The fraction of sp³-hybridized carbons (Fsp3) is 0.0625. The number of carbonyl (C=O) groups excluding carboxylic acids is 2. The van der Waals surface area contributed by atoms with Gasteiger partial charge in [-0.15, -0.1) is 0 Å². The van der Waals surface area contributed by atoms with Gasteiger partial charge in [0.25, 0.3) is 0 Å². The number of benzene rings is 8. The van der Waals surface area contributed by atoms with Gasteiger partial charge in [0.15, 0.2) is 11.6 Å². The summed E-state index contributed by atoms with van der Waals surface area (Å²) in [7, 11) is 0. The minimum absolute atomic E-state index is 0.0674. The normalized spacial score (nSPS) is 14.3. The van der Waals surface area contributed by atoms with Gasteiger partial charge < -0.3 is 0 Å². The molecule has 0 atom stereocenters. The van der Waals surface area contributed by atoms with Gasteiger partial charge in [0.05, 0.1) is 16.7 Å². The molecule has 0 amide bonds. The van der Waals surface area contributed by atoms with Crippen LogP contribution in [0.4, 0.5) is 39.5 Å². The van der Waals surface area contributed by atoms with E-state index in [1.165, 1.54) is 36.4 Å². The molecule has 0 unspecified atom stereocenters. The molecule has 0 bridgehead atoms. The molecule has 0 saturated carbocycles. The zero-order valence-electron chi connectivity index (χ0n) is 39.3. The Kier molecular flexibility index (Phi) is 12.8. The van der Waals surface area contributed by atoms with Gasteiger partial charge in [-0.2, -0.15) is 39.5 Å². The van der Waals surface area contributed by atoms with Crippen LogP contribution >= 0.6 is 0 Å². The fourth-order valence-corrected chi connectivity index (χ4v) is 9.45. The third-order valence-electron chi connectivity index (χ3n) is 13.1. The maximum Gasteiger partial charge on any atom is 0.416 e. The molecule has 368 valence electrons. The van der Waals surface area contributed by atoms with Crippen LogP contribution in [0.3, 0.4) is 0 Å². The minimum atomic E-state index is -4.65. The first-order valence-corrected chi connectivity index (χ1v) is 23.4. The van der Waals surface area contributed by atoms with Gasteiger partial charge in [0.2, 0.25) is 0 Å². The van der Waals surface area contributed by atoms with E-state index in [2.05, 4.69) is 11.8 Å². The Morgan fingerprint density at radius 1 is 0.267 bits per heavy atom. The lowest BCUT2D eigenvalue weighted by Gasteiger charge is -2.14. The van der Waals surface area contributed by atoms with E-state index in [9.17, 15) is 49.1 Å². The Labute approximate surface area is 425 Å². The second kappa shape index (κ2) is 19.4. The molecule has 2 aliphatic rings. The van der Waals surface area contributed by atoms with E-state index in [1.807, 2.05) is 73.7 Å². The molecule has 0 fully saturated rings. The van der Waals surface area contributed by atoms with E-state index >= 15 is 0 Å². The van der Waals surface area contributed by atoms with Gasteiger partial charge in [-0.1, -0.05) is 163 Å². The van der Waals surface area contributed by atoms with Gasteiger partial charge in [-0.05, 0) is 112 Å². The number of alkyl halides is 9. The third kappa shape index (κ3) is 9.83. The molecule has 75 heavy (non-hydrogen) atoms. The molecular weight excluding hydrogens is 972 g/mol. The zero-order chi connectivity index (χ0) is 52.8. The van der Waals surface area contributed by atoms with Crippen LogP contribution in [-0.2, 0) is 28.1 Å². The number of Topliss-reactive ketones (excluding diaryl/α,β-unsaturated/α-hetero) is 2. The molecule has 0 aromatic heterocycles. The molecule has 2 nitrogen and oxygen atoms in total.